The molecule has 0 radical (unpaired) electrons. The summed E-state index contributed by atoms with van der Waals surface area (Å²) in [6.07, 6.45) is 7.65. The molecule has 3 nitrogen and oxygen atoms in total. The molecule has 0 aliphatic heterocycles. The maximum absolute atomic E-state index is 6.08. The molecule has 2 aliphatic rings. The fraction of sp³-hybridized carbons (Fsp3) is 0.714. The SMILES string of the molecule is CC1(C)C2CCC1(C)C(Oc1ncc(I)cn1)C2. The first kappa shape index (κ1) is 12.6. The van der Waals surface area contributed by atoms with Crippen molar-refractivity contribution in [3.63, 3.8) is 0 Å². The van der Waals surface area contributed by atoms with Gasteiger partial charge in [0.2, 0.25) is 0 Å². The highest BCUT2D eigenvalue weighted by molar-refractivity contribution is 14.1. The highest BCUT2D eigenvalue weighted by atomic mass is 127. The van der Waals surface area contributed by atoms with E-state index in [0.717, 1.165) is 15.9 Å². The number of fused-ring (bicyclic) bond motifs is 2. The van der Waals surface area contributed by atoms with Crippen molar-refractivity contribution in [3.05, 3.63) is 16.0 Å². The molecular formula is C14H19IN2O. The molecule has 2 aliphatic carbocycles. The highest BCUT2D eigenvalue weighted by Gasteiger charge is 2.62. The topological polar surface area (TPSA) is 35.0 Å². The van der Waals surface area contributed by atoms with Gasteiger partial charge < -0.3 is 4.74 Å². The van der Waals surface area contributed by atoms with Crippen molar-refractivity contribution in [1.29, 1.82) is 0 Å². The van der Waals surface area contributed by atoms with E-state index < -0.39 is 0 Å². The fourth-order valence-corrected chi connectivity index (χ4v) is 4.08. The van der Waals surface area contributed by atoms with Crippen LogP contribution in [0.4, 0.5) is 0 Å². The normalized spacial score (nSPS) is 36.9. The predicted octanol–water partition coefficient (Wildman–Crippen LogP) is 3.67. The highest BCUT2D eigenvalue weighted by Crippen LogP contribution is 2.65. The van der Waals surface area contributed by atoms with Crippen LogP contribution in [0.2, 0.25) is 0 Å². The molecule has 1 aromatic heterocycles. The molecule has 2 fully saturated rings. The summed E-state index contributed by atoms with van der Waals surface area (Å²) in [6.45, 7) is 7.16. The summed E-state index contributed by atoms with van der Waals surface area (Å²) in [5.41, 5.74) is 0.644. The number of nitrogens with zero attached hydrogens (tertiary/aromatic N) is 2. The lowest BCUT2D eigenvalue weighted by molar-refractivity contribution is 0.0241. The Morgan fingerprint density at radius 2 is 1.94 bits per heavy atom. The third-order valence-corrected chi connectivity index (χ3v) is 6.12. The van der Waals surface area contributed by atoms with Gasteiger partial charge in [0.15, 0.2) is 0 Å². The van der Waals surface area contributed by atoms with E-state index in [1.165, 1.54) is 12.8 Å². The van der Waals surface area contributed by atoms with E-state index in [2.05, 4.69) is 53.3 Å². The maximum atomic E-state index is 6.08. The minimum absolute atomic E-state index is 0.268. The lowest BCUT2D eigenvalue weighted by atomic mass is 9.70. The van der Waals surface area contributed by atoms with Crippen LogP contribution in [0.25, 0.3) is 0 Å². The van der Waals surface area contributed by atoms with E-state index in [1.807, 2.05) is 12.4 Å². The summed E-state index contributed by atoms with van der Waals surface area (Å²) in [5.74, 6) is 0.788. The molecule has 0 aromatic carbocycles. The summed E-state index contributed by atoms with van der Waals surface area (Å²) < 4.78 is 7.12. The summed E-state index contributed by atoms with van der Waals surface area (Å²) in [5, 5.41) is 0. The van der Waals surface area contributed by atoms with Crippen LogP contribution < -0.4 is 4.74 Å². The number of halogens is 1. The Hall–Kier alpha value is -0.390. The molecule has 18 heavy (non-hydrogen) atoms. The molecule has 3 rings (SSSR count). The van der Waals surface area contributed by atoms with Gasteiger partial charge in [0.25, 0.3) is 0 Å². The largest absolute Gasteiger partial charge is 0.460 e. The van der Waals surface area contributed by atoms with Crippen LogP contribution in [0, 0.1) is 20.3 Å². The van der Waals surface area contributed by atoms with Gasteiger partial charge >= 0.3 is 6.01 Å². The molecule has 2 bridgehead atoms. The molecule has 0 saturated heterocycles. The molecule has 3 unspecified atom stereocenters. The molecule has 1 aromatic rings. The summed E-state index contributed by atoms with van der Waals surface area (Å²) in [4.78, 5) is 8.53. The lowest BCUT2D eigenvalue weighted by Gasteiger charge is -2.38. The van der Waals surface area contributed by atoms with E-state index in [4.69, 9.17) is 4.74 Å². The number of rotatable bonds is 2. The zero-order valence-electron chi connectivity index (χ0n) is 11.1. The van der Waals surface area contributed by atoms with Crippen LogP contribution in [0.5, 0.6) is 6.01 Å². The molecule has 0 amide bonds. The first-order valence-corrected chi connectivity index (χ1v) is 7.65. The quantitative estimate of drug-likeness (QED) is 0.757. The number of hydrogen-bond acceptors (Lipinski definition) is 3. The first-order valence-electron chi connectivity index (χ1n) is 6.58. The maximum Gasteiger partial charge on any atom is 0.316 e. The number of hydrogen-bond donors (Lipinski definition) is 0. The average molecular weight is 358 g/mol. The van der Waals surface area contributed by atoms with E-state index >= 15 is 0 Å². The fourth-order valence-electron chi connectivity index (χ4n) is 3.80. The zero-order chi connectivity index (χ0) is 13.0. The Kier molecular flexibility index (Phi) is 2.84. The predicted molar refractivity (Wildman–Crippen MR) is 78.4 cm³/mol. The van der Waals surface area contributed by atoms with Gasteiger partial charge in [-0.05, 0) is 53.2 Å². The van der Waals surface area contributed by atoms with Crippen molar-refractivity contribution in [3.8, 4) is 6.01 Å². The Morgan fingerprint density at radius 1 is 1.28 bits per heavy atom. The van der Waals surface area contributed by atoms with Crippen LogP contribution >= 0.6 is 22.6 Å². The van der Waals surface area contributed by atoms with Crippen molar-refractivity contribution >= 4 is 22.6 Å². The third kappa shape index (κ3) is 1.67. The van der Waals surface area contributed by atoms with E-state index in [1.54, 1.807) is 0 Å². The molecule has 1 heterocycles. The van der Waals surface area contributed by atoms with Crippen LogP contribution in [0.15, 0.2) is 12.4 Å². The molecule has 3 atom stereocenters. The van der Waals surface area contributed by atoms with Gasteiger partial charge in [-0.3, -0.25) is 0 Å². The molecule has 98 valence electrons. The second kappa shape index (κ2) is 4.05. The number of ether oxygens (including phenoxy) is 1. The lowest BCUT2D eigenvalue weighted by Crippen LogP contribution is -2.39. The Labute approximate surface area is 122 Å². The van der Waals surface area contributed by atoms with Gasteiger partial charge in [0.05, 0.1) is 0 Å². The van der Waals surface area contributed by atoms with Gasteiger partial charge in [0.1, 0.15) is 6.10 Å². The summed E-state index contributed by atoms with van der Waals surface area (Å²) in [6, 6.07) is 0.532. The van der Waals surface area contributed by atoms with Crippen LogP contribution in [0.3, 0.4) is 0 Å². The molecule has 0 N–H and O–H groups in total. The van der Waals surface area contributed by atoms with Crippen molar-refractivity contribution in [2.45, 2.75) is 46.1 Å². The second-order valence-corrected chi connectivity index (χ2v) is 7.65. The van der Waals surface area contributed by atoms with Crippen molar-refractivity contribution in [1.82, 2.24) is 9.97 Å². The van der Waals surface area contributed by atoms with E-state index in [0.29, 0.717) is 11.4 Å². The molecule has 4 heteroatoms. The van der Waals surface area contributed by atoms with Gasteiger partial charge in [0, 0.05) is 21.4 Å². The number of aromatic nitrogens is 2. The van der Waals surface area contributed by atoms with Crippen LogP contribution in [0.1, 0.15) is 40.0 Å². The van der Waals surface area contributed by atoms with Gasteiger partial charge in [-0.1, -0.05) is 20.8 Å². The molecular weight excluding hydrogens is 339 g/mol. The summed E-state index contributed by atoms with van der Waals surface area (Å²) >= 11 is 2.21. The van der Waals surface area contributed by atoms with Crippen molar-refractivity contribution in [2.75, 3.05) is 0 Å². The minimum Gasteiger partial charge on any atom is -0.460 e. The van der Waals surface area contributed by atoms with Crippen molar-refractivity contribution in [2.24, 2.45) is 16.7 Å². The summed E-state index contributed by atoms with van der Waals surface area (Å²) in [7, 11) is 0. The van der Waals surface area contributed by atoms with E-state index in [-0.39, 0.29) is 11.5 Å². The van der Waals surface area contributed by atoms with Gasteiger partial charge in [-0.2, -0.15) is 0 Å². The van der Waals surface area contributed by atoms with Crippen molar-refractivity contribution < 1.29 is 4.74 Å². The Morgan fingerprint density at radius 3 is 2.44 bits per heavy atom. The monoisotopic (exact) mass is 358 g/mol. The Bertz CT molecular complexity index is 459. The van der Waals surface area contributed by atoms with Gasteiger partial charge in [-0.25, -0.2) is 9.97 Å². The standard InChI is InChI=1S/C14H19IN2O/c1-13(2)9-4-5-14(13,3)11(6-9)18-12-16-7-10(15)8-17-12/h7-9,11H,4-6H2,1-3H3. The average Bonchev–Trinajstić information content (AvgIpc) is 2.65. The second-order valence-electron chi connectivity index (χ2n) is 6.40. The smallest absolute Gasteiger partial charge is 0.316 e. The molecule has 0 spiro atoms. The first-order chi connectivity index (χ1) is 8.43. The van der Waals surface area contributed by atoms with Crippen LogP contribution in [-0.4, -0.2) is 16.1 Å². The van der Waals surface area contributed by atoms with Gasteiger partial charge in [-0.15, -0.1) is 0 Å². The van der Waals surface area contributed by atoms with Crippen LogP contribution in [-0.2, 0) is 0 Å². The molecule has 2 saturated carbocycles. The zero-order valence-corrected chi connectivity index (χ0v) is 13.3. The third-order valence-electron chi connectivity index (χ3n) is 5.56. The minimum atomic E-state index is 0.268. The van der Waals surface area contributed by atoms with E-state index in [9.17, 15) is 0 Å². The Balaban J connectivity index is 1.81.